The fourth-order valence-corrected chi connectivity index (χ4v) is 2.48. The third-order valence-electron chi connectivity index (χ3n) is 2.43. The first-order valence-electron chi connectivity index (χ1n) is 4.88. The number of nitrogens with two attached hydrogens (primary N) is 1. The molecule has 2 rings (SSSR count). The second-order valence-corrected chi connectivity index (χ2v) is 4.73. The van der Waals surface area contributed by atoms with Gasteiger partial charge in [0, 0.05) is 30.7 Å². The molecular weight excluding hydrogens is 212 g/mol. The van der Waals surface area contributed by atoms with E-state index in [1.807, 2.05) is 11.8 Å². The van der Waals surface area contributed by atoms with Crippen molar-refractivity contribution in [1.29, 1.82) is 0 Å². The van der Waals surface area contributed by atoms with Gasteiger partial charge in [-0.1, -0.05) is 4.98 Å². The highest BCUT2D eigenvalue weighted by Gasteiger charge is 2.17. The first kappa shape index (κ1) is 10.4. The van der Waals surface area contributed by atoms with Gasteiger partial charge in [0.25, 0.3) is 0 Å². The molecule has 0 aromatic carbocycles. The second-order valence-electron chi connectivity index (χ2n) is 3.51. The van der Waals surface area contributed by atoms with E-state index < -0.39 is 0 Å². The Kier molecular flexibility index (Phi) is 2.86. The van der Waals surface area contributed by atoms with E-state index in [0.717, 1.165) is 30.4 Å². The van der Waals surface area contributed by atoms with E-state index in [1.54, 1.807) is 13.0 Å². The Morgan fingerprint density at radius 2 is 2.20 bits per heavy atom. The van der Waals surface area contributed by atoms with Crippen LogP contribution in [-0.4, -0.2) is 29.6 Å². The van der Waals surface area contributed by atoms with E-state index in [1.165, 1.54) is 0 Å². The summed E-state index contributed by atoms with van der Waals surface area (Å²) in [4.78, 5) is 6.27. The van der Waals surface area contributed by atoms with Crippen LogP contribution in [0.1, 0.15) is 5.69 Å². The molecule has 82 valence electrons. The molecule has 1 fully saturated rings. The third kappa shape index (κ3) is 2.09. The van der Waals surface area contributed by atoms with Gasteiger partial charge in [-0.15, -0.1) is 0 Å². The van der Waals surface area contributed by atoms with Crippen molar-refractivity contribution in [2.24, 2.45) is 0 Å². The van der Waals surface area contributed by atoms with Gasteiger partial charge in [-0.25, -0.2) is 4.73 Å². The van der Waals surface area contributed by atoms with E-state index in [9.17, 15) is 5.21 Å². The van der Waals surface area contributed by atoms with Crippen LogP contribution >= 0.6 is 11.8 Å². The number of aromatic nitrogens is 2. The summed E-state index contributed by atoms with van der Waals surface area (Å²) in [5.41, 5.74) is 6.13. The summed E-state index contributed by atoms with van der Waals surface area (Å²) in [5, 5.41) is 11.3. The maximum Gasteiger partial charge on any atom is 0.392 e. The van der Waals surface area contributed by atoms with Gasteiger partial charge >= 0.3 is 5.95 Å². The maximum absolute atomic E-state index is 11.3. The lowest BCUT2D eigenvalue weighted by atomic mass is 10.4. The molecule has 2 heterocycles. The van der Waals surface area contributed by atoms with Crippen LogP contribution in [0.4, 0.5) is 11.8 Å². The summed E-state index contributed by atoms with van der Waals surface area (Å²) in [7, 11) is 0. The van der Waals surface area contributed by atoms with Crippen molar-refractivity contribution in [2.75, 3.05) is 35.2 Å². The molecule has 0 spiro atoms. The minimum absolute atomic E-state index is 0.0308. The molecule has 1 aliphatic rings. The molecular formula is C9H14N4OS. The molecule has 2 N–H and O–H groups in total. The number of aryl methyl sites for hydroxylation is 1. The van der Waals surface area contributed by atoms with Crippen molar-refractivity contribution in [3.63, 3.8) is 0 Å². The Labute approximate surface area is 92.9 Å². The van der Waals surface area contributed by atoms with Gasteiger partial charge in [-0.2, -0.15) is 11.8 Å². The number of hydrogen-bond donors (Lipinski definition) is 1. The molecule has 1 aliphatic heterocycles. The number of nitrogen functional groups attached to an aromatic ring is 1. The molecule has 0 radical (unpaired) electrons. The van der Waals surface area contributed by atoms with Gasteiger partial charge in [0.2, 0.25) is 5.82 Å². The SMILES string of the molecule is Cc1cc(N2CCSCC2)nc(N)[n+]1[O-]. The molecule has 0 aliphatic carbocycles. The van der Waals surface area contributed by atoms with Crippen LogP contribution in [-0.2, 0) is 0 Å². The van der Waals surface area contributed by atoms with Gasteiger partial charge in [0.15, 0.2) is 0 Å². The standard InChI is InChI=1S/C9H14N4OS/c1-7-6-8(11-9(10)13(7)14)12-2-4-15-5-3-12/h6H,2-5H2,1H3,(H2,10,11). The Balaban J connectivity index is 2.27. The van der Waals surface area contributed by atoms with Crippen molar-refractivity contribution in [2.45, 2.75) is 6.92 Å². The predicted octanol–water partition coefficient (Wildman–Crippen LogP) is 0.159. The minimum Gasteiger partial charge on any atom is -0.740 e. The average molecular weight is 226 g/mol. The molecule has 0 atom stereocenters. The highest BCUT2D eigenvalue weighted by molar-refractivity contribution is 7.99. The second kappa shape index (κ2) is 4.14. The highest BCUT2D eigenvalue weighted by Crippen LogP contribution is 2.17. The smallest absolute Gasteiger partial charge is 0.392 e. The first-order valence-corrected chi connectivity index (χ1v) is 6.03. The molecule has 5 nitrogen and oxygen atoms in total. The normalized spacial score (nSPS) is 16.7. The monoisotopic (exact) mass is 226 g/mol. The van der Waals surface area contributed by atoms with Crippen LogP contribution < -0.4 is 15.4 Å². The molecule has 1 aromatic rings. The number of anilines is 2. The van der Waals surface area contributed by atoms with E-state index >= 15 is 0 Å². The van der Waals surface area contributed by atoms with Crippen LogP contribution in [0.5, 0.6) is 0 Å². The molecule has 15 heavy (non-hydrogen) atoms. The summed E-state index contributed by atoms with van der Waals surface area (Å²) in [6, 6.07) is 1.79. The van der Waals surface area contributed by atoms with Crippen LogP contribution in [0.3, 0.4) is 0 Å². The number of thioether (sulfide) groups is 1. The quantitative estimate of drug-likeness (QED) is 0.545. The maximum atomic E-state index is 11.3. The molecule has 0 unspecified atom stereocenters. The fourth-order valence-electron chi connectivity index (χ4n) is 1.58. The van der Waals surface area contributed by atoms with Crippen molar-refractivity contribution < 1.29 is 4.73 Å². The molecule has 0 saturated carbocycles. The Morgan fingerprint density at radius 1 is 1.53 bits per heavy atom. The number of hydrogen-bond acceptors (Lipinski definition) is 5. The summed E-state index contributed by atoms with van der Waals surface area (Å²) in [5.74, 6) is 3.06. The van der Waals surface area contributed by atoms with Crippen molar-refractivity contribution in [1.82, 2.24) is 4.98 Å². The molecule has 0 bridgehead atoms. The van der Waals surface area contributed by atoms with E-state index in [0.29, 0.717) is 10.4 Å². The highest BCUT2D eigenvalue weighted by atomic mass is 32.2. The zero-order chi connectivity index (χ0) is 10.8. The van der Waals surface area contributed by atoms with Crippen LogP contribution in [0, 0.1) is 12.1 Å². The van der Waals surface area contributed by atoms with Gasteiger partial charge in [-0.3, -0.25) is 5.73 Å². The molecule has 1 aromatic heterocycles. The summed E-state index contributed by atoms with van der Waals surface area (Å²) < 4.78 is 0.655. The van der Waals surface area contributed by atoms with Crippen molar-refractivity contribution in [3.05, 3.63) is 17.0 Å². The zero-order valence-corrected chi connectivity index (χ0v) is 9.46. The molecule has 1 saturated heterocycles. The lowest BCUT2D eigenvalue weighted by molar-refractivity contribution is -0.599. The topological polar surface area (TPSA) is 69.1 Å². The average Bonchev–Trinajstić information content (AvgIpc) is 2.26. The van der Waals surface area contributed by atoms with Crippen LogP contribution in [0.25, 0.3) is 0 Å². The lowest BCUT2D eigenvalue weighted by Crippen LogP contribution is -2.38. The number of rotatable bonds is 1. The van der Waals surface area contributed by atoms with Crippen molar-refractivity contribution in [3.8, 4) is 0 Å². The fraction of sp³-hybridized carbons (Fsp3) is 0.556. The van der Waals surface area contributed by atoms with E-state index in [-0.39, 0.29) is 5.95 Å². The van der Waals surface area contributed by atoms with E-state index in [2.05, 4.69) is 9.88 Å². The summed E-state index contributed by atoms with van der Waals surface area (Å²) in [6.45, 7) is 3.69. The van der Waals surface area contributed by atoms with E-state index in [4.69, 9.17) is 5.73 Å². The van der Waals surface area contributed by atoms with Crippen LogP contribution in [0.15, 0.2) is 6.07 Å². The first-order chi connectivity index (χ1) is 7.18. The Bertz CT molecular complexity index is 342. The molecule has 6 heteroatoms. The zero-order valence-electron chi connectivity index (χ0n) is 8.64. The Morgan fingerprint density at radius 3 is 2.80 bits per heavy atom. The number of nitrogens with zero attached hydrogens (tertiary/aromatic N) is 3. The largest absolute Gasteiger partial charge is 0.740 e. The summed E-state index contributed by atoms with van der Waals surface area (Å²) >= 11 is 1.94. The van der Waals surface area contributed by atoms with Gasteiger partial charge in [0.05, 0.1) is 5.69 Å². The van der Waals surface area contributed by atoms with Crippen molar-refractivity contribution >= 4 is 23.5 Å². The van der Waals surface area contributed by atoms with Gasteiger partial charge in [-0.05, 0) is 6.92 Å². The lowest BCUT2D eigenvalue weighted by Gasteiger charge is -2.26. The minimum atomic E-state index is 0.0308. The van der Waals surface area contributed by atoms with Crippen LogP contribution in [0.2, 0.25) is 0 Å². The van der Waals surface area contributed by atoms with Gasteiger partial charge < -0.3 is 10.1 Å². The third-order valence-corrected chi connectivity index (χ3v) is 3.37. The summed E-state index contributed by atoms with van der Waals surface area (Å²) in [6.07, 6.45) is 0. The molecule has 0 amide bonds. The predicted molar refractivity (Wildman–Crippen MR) is 61.9 cm³/mol. The Hall–Kier alpha value is -1.17. The van der Waals surface area contributed by atoms with Gasteiger partial charge in [0.1, 0.15) is 0 Å².